The van der Waals surface area contributed by atoms with Crippen molar-refractivity contribution in [1.29, 1.82) is 0 Å². The van der Waals surface area contributed by atoms with Gasteiger partial charge >= 0.3 is 0 Å². The molecule has 25 heavy (non-hydrogen) atoms. The van der Waals surface area contributed by atoms with Gasteiger partial charge in [-0.1, -0.05) is 45.2 Å². The molecule has 1 aromatic carbocycles. The average Bonchev–Trinajstić information content (AvgIpc) is 2.57. The Labute approximate surface area is 170 Å². The third kappa shape index (κ3) is 9.44. The van der Waals surface area contributed by atoms with Crippen molar-refractivity contribution in [1.82, 2.24) is 10.6 Å². The van der Waals surface area contributed by atoms with Gasteiger partial charge in [0, 0.05) is 26.4 Å². The lowest BCUT2D eigenvalue weighted by atomic mass is 9.99. The summed E-state index contributed by atoms with van der Waals surface area (Å²) in [5, 5.41) is 6.65. The Balaban J connectivity index is 0.00000576. The number of rotatable bonds is 9. The number of guanidine groups is 1. The summed E-state index contributed by atoms with van der Waals surface area (Å²) in [5.41, 5.74) is 1.02. The molecule has 7 heteroatoms. The van der Waals surface area contributed by atoms with E-state index in [0.29, 0.717) is 17.4 Å². The summed E-state index contributed by atoms with van der Waals surface area (Å²) in [6, 6.07) is 6.93. The van der Waals surface area contributed by atoms with Crippen molar-refractivity contribution < 1.29 is 8.42 Å². The number of halogens is 1. The number of benzene rings is 1. The van der Waals surface area contributed by atoms with Gasteiger partial charge in [-0.25, -0.2) is 8.42 Å². The molecule has 144 valence electrons. The summed E-state index contributed by atoms with van der Waals surface area (Å²) < 4.78 is 22.9. The van der Waals surface area contributed by atoms with Gasteiger partial charge in [-0.2, -0.15) is 0 Å². The number of sulfone groups is 1. The zero-order valence-electron chi connectivity index (χ0n) is 15.7. The van der Waals surface area contributed by atoms with Crippen LogP contribution in [0.3, 0.4) is 0 Å². The predicted molar refractivity (Wildman–Crippen MR) is 116 cm³/mol. The molecule has 0 radical (unpaired) electrons. The lowest BCUT2D eigenvalue weighted by molar-refractivity contribution is 0.443. The summed E-state index contributed by atoms with van der Waals surface area (Å²) in [5.74, 6) is 1.44. The van der Waals surface area contributed by atoms with Crippen LogP contribution < -0.4 is 10.6 Å². The van der Waals surface area contributed by atoms with Gasteiger partial charge in [0.2, 0.25) is 0 Å². The van der Waals surface area contributed by atoms with Gasteiger partial charge in [-0.05, 0) is 30.0 Å². The van der Waals surface area contributed by atoms with E-state index in [2.05, 4.69) is 29.5 Å². The first-order valence-corrected chi connectivity index (χ1v) is 10.5. The largest absolute Gasteiger partial charge is 0.356 e. The highest BCUT2D eigenvalue weighted by atomic mass is 127. The van der Waals surface area contributed by atoms with Crippen molar-refractivity contribution in [3.63, 3.8) is 0 Å². The highest BCUT2D eigenvalue weighted by Gasteiger charge is 2.08. The number of aliphatic imine (C=N–C) groups is 1. The minimum absolute atomic E-state index is 0. The molecule has 0 spiro atoms. The third-order valence-corrected chi connectivity index (χ3v) is 5.26. The highest BCUT2D eigenvalue weighted by Crippen LogP contribution is 2.11. The van der Waals surface area contributed by atoms with Crippen molar-refractivity contribution in [3.8, 4) is 0 Å². The lowest BCUT2D eigenvalue weighted by Crippen LogP contribution is -2.39. The second-order valence-corrected chi connectivity index (χ2v) is 8.16. The first kappa shape index (κ1) is 24.2. The minimum Gasteiger partial charge on any atom is -0.356 e. The van der Waals surface area contributed by atoms with Crippen LogP contribution in [0.5, 0.6) is 0 Å². The Kier molecular flexibility index (Phi) is 12.1. The molecule has 1 rings (SSSR count). The fourth-order valence-electron chi connectivity index (χ4n) is 2.45. The van der Waals surface area contributed by atoms with Crippen molar-refractivity contribution in [2.75, 3.05) is 19.8 Å². The van der Waals surface area contributed by atoms with E-state index in [9.17, 15) is 8.42 Å². The van der Waals surface area contributed by atoms with E-state index in [0.717, 1.165) is 24.5 Å². The molecule has 1 atom stereocenters. The fourth-order valence-corrected chi connectivity index (χ4v) is 3.08. The summed E-state index contributed by atoms with van der Waals surface area (Å²) in [6.45, 7) is 5.97. The average molecular weight is 481 g/mol. The number of hydrogen-bond acceptors (Lipinski definition) is 3. The van der Waals surface area contributed by atoms with E-state index < -0.39 is 9.84 Å². The molecular weight excluding hydrogens is 449 g/mol. The van der Waals surface area contributed by atoms with Gasteiger partial charge in [-0.3, -0.25) is 4.99 Å². The molecule has 5 nitrogen and oxygen atoms in total. The molecule has 0 fully saturated rings. The van der Waals surface area contributed by atoms with E-state index in [1.807, 2.05) is 12.1 Å². The van der Waals surface area contributed by atoms with Crippen LogP contribution in [-0.4, -0.2) is 34.2 Å². The second-order valence-electron chi connectivity index (χ2n) is 6.14. The second kappa shape index (κ2) is 12.5. The van der Waals surface area contributed by atoms with Crippen LogP contribution in [0, 0.1) is 5.92 Å². The maximum Gasteiger partial charge on any atom is 0.191 e. The Morgan fingerprint density at radius 1 is 1.16 bits per heavy atom. The van der Waals surface area contributed by atoms with Crippen LogP contribution in [0.2, 0.25) is 0 Å². The normalized spacial score (nSPS) is 13.0. The van der Waals surface area contributed by atoms with Crippen molar-refractivity contribution in [2.24, 2.45) is 10.9 Å². The molecule has 0 aliphatic heterocycles. The van der Waals surface area contributed by atoms with E-state index in [1.54, 1.807) is 19.2 Å². The topological polar surface area (TPSA) is 70.6 Å². The van der Waals surface area contributed by atoms with Gasteiger partial charge in [0.25, 0.3) is 0 Å². The monoisotopic (exact) mass is 481 g/mol. The Bertz CT molecular complexity index is 616. The standard InChI is InChI=1S/C18H31N3O2S.HI/c1-5-7-8-15(6-2)13-20-18(19-3)21-14-16-9-11-17(12-10-16)24(4,22)23;/h9-12,15H,5-8,13-14H2,1-4H3,(H2,19,20,21);1H. The maximum absolute atomic E-state index is 11.5. The molecule has 0 aromatic heterocycles. The predicted octanol–water partition coefficient (Wildman–Crippen LogP) is 3.59. The van der Waals surface area contributed by atoms with E-state index in [4.69, 9.17) is 0 Å². The summed E-state index contributed by atoms with van der Waals surface area (Å²) in [6.07, 6.45) is 6.11. The molecule has 0 saturated carbocycles. The van der Waals surface area contributed by atoms with Crippen LogP contribution in [0.1, 0.15) is 45.1 Å². The fraction of sp³-hybridized carbons (Fsp3) is 0.611. The van der Waals surface area contributed by atoms with Crippen molar-refractivity contribution >= 4 is 39.8 Å². The van der Waals surface area contributed by atoms with Gasteiger partial charge in [0.1, 0.15) is 0 Å². The Hall–Kier alpha value is -0.830. The first-order valence-electron chi connectivity index (χ1n) is 8.64. The number of nitrogens with one attached hydrogen (secondary N) is 2. The lowest BCUT2D eigenvalue weighted by Gasteiger charge is -2.18. The molecule has 1 aromatic rings. The summed E-state index contributed by atoms with van der Waals surface area (Å²) >= 11 is 0. The molecular formula is C18H32IN3O2S. The van der Waals surface area contributed by atoms with E-state index >= 15 is 0 Å². The van der Waals surface area contributed by atoms with E-state index in [-0.39, 0.29) is 24.0 Å². The summed E-state index contributed by atoms with van der Waals surface area (Å²) in [7, 11) is -1.38. The van der Waals surface area contributed by atoms with Gasteiger partial charge < -0.3 is 10.6 Å². The third-order valence-electron chi connectivity index (χ3n) is 4.14. The van der Waals surface area contributed by atoms with Gasteiger partial charge in [0.15, 0.2) is 15.8 Å². The van der Waals surface area contributed by atoms with Crippen molar-refractivity contribution in [3.05, 3.63) is 29.8 Å². The summed E-state index contributed by atoms with van der Waals surface area (Å²) in [4.78, 5) is 4.59. The van der Waals surface area contributed by atoms with Crippen LogP contribution in [0.4, 0.5) is 0 Å². The SMILES string of the molecule is CCCCC(CC)CNC(=NC)NCc1ccc(S(C)(=O)=O)cc1.I. The Morgan fingerprint density at radius 3 is 2.28 bits per heavy atom. The molecule has 2 N–H and O–H groups in total. The van der Waals surface area contributed by atoms with Crippen LogP contribution >= 0.6 is 24.0 Å². The first-order chi connectivity index (χ1) is 11.4. The quantitative estimate of drug-likeness (QED) is 0.321. The Morgan fingerprint density at radius 2 is 1.80 bits per heavy atom. The van der Waals surface area contributed by atoms with Crippen LogP contribution in [0.25, 0.3) is 0 Å². The smallest absolute Gasteiger partial charge is 0.191 e. The zero-order chi connectivity index (χ0) is 18.0. The molecule has 0 saturated heterocycles. The van der Waals surface area contributed by atoms with Crippen LogP contribution in [0.15, 0.2) is 34.2 Å². The highest BCUT2D eigenvalue weighted by molar-refractivity contribution is 14.0. The van der Waals surface area contributed by atoms with Gasteiger partial charge in [-0.15, -0.1) is 24.0 Å². The van der Waals surface area contributed by atoms with Gasteiger partial charge in [0.05, 0.1) is 4.90 Å². The number of unbranched alkanes of at least 4 members (excludes halogenated alkanes) is 1. The molecule has 0 aliphatic carbocycles. The zero-order valence-corrected chi connectivity index (χ0v) is 18.9. The molecule has 0 bridgehead atoms. The minimum atomic E-state index is -3.14. The van der Waals surface area contributed by atoms with Crippen molar-refractivity contribution in [2.45, 2.75) is 51.0 Å². The molecule has 1 unspecified atom stereocenters. The molecule has 0 heterocycles. The number of hydrogen-bond donors (Lipinski definition) is 2. The number of nitrogens with zero attached hydrogens (tertiary/aromatic N) is 1. The maximum atomic E-state index is 11.5. The molecule has 0 amide bonds. The molecule has 0 aliphatic rings. The van der Waals surface area contributed by atoms with Crippen LogP contribution in [-0.2, 0) is 16.4 Å². The van der Waals surface area contributed by atoms with E-state index in [1.165, 1.54) is 25.5 Å².